The Labute approximate surface area is 605 Å². The Balaban J connectivity index is 5.44. The van der Waals surface area contributed by atoms with Crippen LogP contribution < -0.4 is 0 Å². The number of hydrogen-bond donors (Lipinski definition) is 3. The zero-order chi connectivity index (χ0) is 73.2. The van der Waals surface area contributed by atoms with Gasteiger partial charge in [-0.2, -0.15) is 0 Å². The largest absolute Gasteiger partial charge is 0.472 e. The second-order valence-corrected chi connectivity index (χ2v) is 27.7. The number of esters is 4. The van der Waals surface area contributed by atoms with Crippen molar-refractivity contribution in [2.75, 3.05) is 39.6 Å². The van der Waals surface area contributed by atoms with E-state index < -0.39 is 97.5 Å². The molecule has 0 aliphatic heterocycles. The average molecular weight is 1440 g/mol. The lowest BCUT2D eigenvalue weighted by Gasteiger charge is -2.21. The minimum atomic E-state index is -5.01. The molecule has 100 heavy (non-hydrogen) atoms. The third-order valence-electron chi connectivity index (χ3n) is 15.3. The van der Waals surface area contributed by atoms with E-state index in [0.29, 0.717) is 25.7 Å². The monoisotopic (exact) mass is 1440 g/mol. The van der Waals surface area contributed by atoms with Crippen LogP contribution in [0.3, 0.4) is 0 Å². The number of rotatable bonds is 70. The van der Waals surface area contributed by atoms with Crippen molar-refractivity contribution in [2.45, 2.75) is 303 Å². The predicted molar refractivity (Wildman–Crippen MR) is 408 cm³/mol. The number of aliphatic hydroxyl groups is 1. The first-order valence-corrected chi connectivity index (χ1v) is 41.1. The highest BCUT2D eigenvalue weighted by Crippen LogP contribution is 2.45. The van der Waals surface area contributed by atoms with Gasteiger partial charge in [0.05, 0.1) is 32.8 Å². The van der Waals surface area contributed by atoms with Crippen molar-refractivity contribution in [2.24, 2.45) is 0 Å². The van der Waals surface area contributed by atoms with Gasteiger partial charge in [-0.15, -0.1) is 0 Å². The van der Waals surface area contributed by atoms with Crippen LogP contribution in [0.5, 0.6) is 0 Å². The van der Waals surface area contributed by atoms with Crippen molar-refractivity contribution in [3.63, 3.8) is 0 Å². The fraction of sp³-hybridized carbons (Fsp3) is 0.654. The normalized spacial score (nSPS) is 14.8. The molecule has 0 aromatic carbocycles. The maximum Gasteiger partial charge on any atom is 0.472 e. The van der Waals surface area contributed by atoms with Gasteiger partial charge in [0.1, 0.15) is 19.3 Å². The van der Waals surface area contributed by atoms with Crippen LogP contribution in [0.4, 0.5) is 0 Å². The molecule has 0 aliphatic carbocycles. The molecule has 0 spiro atoms. The van der Waals surface area contributed by atoms with Crippen LogP contribution >= 0.6 is 15.6 Å². The lowest BCUT2D eigenvalue weighted by atomic mass is 10.1. The summed E-state index contributed by atoms with van der Waals surface area (Å²) in [6.45, 7) is 4.41. The molecule has 19 heteroatoms. The number of carbonyl (C=O) groups is 4. The molecule has 5 atom stereocenters. The van der Waals surface area contributed by atoms with E-state index in [1.54, 1.807) is 12.2 Å². The lowest BCUT2D eigenvalue weighted by molar-refractivity contribution is -0.161. The van der Waals surface area contributed by atoms with Gasteiger partial charge < -0.3 is 33.8 Å². The summed E-state index contributed by atoms with van der Waals surface area (Å²) < 4.78 is 68.2. The Morgan fingerprint density at radius 2 is 0.570 bits per heavy atom. The van der Waals surface area contributed by atoms with Gasteiger partial charge >= 0.3 is 39.5 Å². The number of aliphatic hydroxyl groups excluding tert-OH is 1. The van der Waals surface area contributed by atoms with E-state index in [9.17, 15) is 43.2 Å². The van der Waals surface area contributed by atoms with Crippen molar-refractivity contribution >= 4 is 39.5 Å². The second kappa shape index (κ2) is 72.3. The zero-order valence-corrected chi connectivity index (χ0v) is 63.9. The topological polar surface area (TPSA) is 237 Å². The summed E-state index contributed by atoms with van der Waals surface area (Å²) in [6, 6.07) is 0. The number of phosphoric acid groups is 2. The Hall–Kier alpha value is -5.06. The molecule has 0 radical (unpaired) electrons. The highest BCUT2D eigenvalue weighted by molar-refractivity contribution is 7.47. The van der Waals surface area contributed by atoms with Crippen molar-refractivity contribution < 1.29 is 80.2 Å². The van der Waals surface area contributed by atoms with Gasteiger partial charge in [-0.05, 0) is 141 Å². The number of hydrogen-bond acceptors (Lipinski definition) is 15. The third kappa shape index (κ3) is 71.3. The van der Waals surface area contributed by atoms with Gasteiger partial charge in [-0.25, -0.2) is 9.13 Å². The average Bonchev–Trinajstić information content (AvgIpc) is 0.985. The van der Waals surface area contributed by atoms with Crippen LogP contribution in [0.15, 0.2) is 146 Å². The fourth-order valence-electron chi connectivity index (χ4n) is 9.53. The summed E-state index contributed by atoms with van der Waals surface area (Å²) in [5, 5.41) is 10.6. The quantitative estimate of drug-likeness (QED) is 0.0169. The number of unbranched alkanes of at least 4 members (excludes halogenated alkanes) is 21. The first-order chi connectivity index (χ1) is 48.7. The number of ether oxygens (including phenoxy) is 4. The number of allylic oxidation sites excluding steroid dienone is 23. The molecule has 5 unspecified atom stereocenters. The van der Waals surface area contributed by atoms with E-state index in [2.05, 4.69) is 149 Å². The predicted octanol–water partition coefficient (Wildman–Crippen LogP) is 21.9. The standard InChI is InChI=1S/C81H134O17P2/c1-5-9-13-17-21-25-29-32-35-36-37-38-41-43-47-50-54-58-62-66-79(84)92-72-77(98-81(86)68-64-60-56-52-48-44-40-34-31-27-23-19-15-11-7-3)74-96-100(89,90)94-70-75(82)69-93-99(87,88)95-73-76(97-80(85)67-63-59-55-51-45-28-24-20-16-12-8-4)71-91-78(83)65-61-57-53-49-46-42-39-33-30-26-22-18-14-10-6-2/h9,11,13,15,20-21,23-25,27,32-35,37-40,43,47-48,52,60,64,75-77,82H,5-8,10,12,14,16-19,22,26,28-31,36,41-42,44-46,49-51,53-59,61-63,65-74H2,1-4H3,(H,87,88)(H,89,90)/b13-9-,15-11-,24-20-,25-21-,27-23-,35-32-,38-37-,39-33-,40-34-,47-43-,52-48-,64-60-. The van der Waals surface area contributed by atoms with Crippen LogP contribution in [-0.2, 0) is 65.4 Å². The molecule has 0 amide bonds. The summed E-state index contributed by atoms with van der Waals surface area (Å²) in [5.41, 5.74) is 0. The van der Waals surface area contributed by atoms with Crippen molar-refractivity contribution in [1.29, 1.82) is 0 Å². The van der Waals surface area contributed by atoms with Gasteiger partial charge in [-0.3, -0.25) is 37.3 Å². The molecule has 0 fully saturated rings. The summed E-state index contributed by atoms with van der Waals surface area (Å²) in [4.78, 5) is 72.7. The summed E-state index contributed by atoms with van der Waals surface area (Å²) in [7, 11) is -10.00. The summed E-state index contributed by atoms with van der Waals surface area (Å²) in [6.07, 6.45) is 81.7. The first-order valence-electron chi connectivity index (χ1n) is 38.1. The van der Waals surface area contributed by atoms with Gasteiger partial charge in [0.25, 0.3) is 0 Å². The van der Waals surface area contributed by atoms with E-state index in [0.717, 1.165) is 154 Å². The van der Waals surface area contributed by atoms with Crippen LogP contribution in [0, 0.1) is 0 Å². The Kier molecular flexibility index (Phi) is 68.6. The van der Waals surface area contributed by atoms with E-state index in [1.165, 1.54) is 51.4 Å². The maximum atomic E-state index is 13.1. The summed E-state index contributed by atoms with van der Waals surface area (Å²) in [5.74, 6) is -2.39. The molecular weight excluding hydrogens is 1310 g/mol. The molecule has 0 aromatic rings. The molecule has 570 valence electrons. The molecule has 0 saturated carbocycles. The molecule has 3 N–H and O–H groups in total. The van der Waals surface area contributed by atoms with Gasteiger partial charge in [0, 0.05) is 19.3 Å². The third-order valence-corrected chi connectivity index (χ3v) is 17.2. The Morgan fingerprint density at radius 3 is 0.940 bits per heavy atom. The number of phosphoric ester groups is 2. The molecule has 0 rings (SSSR count). The SMILES string of the molecule is CC/C=C\C/C=C\C/C=C\C/C=C\C/C=C\CCCCCC(=O)OCC(COP(=O)(O)OCC(O)COP(=O)(O)OCC(COC(=O)CCCCCCC/C=C\CCCCCCCC)OC(=O)CCCCCCC/C=C\CCCC)OC(=O)C/C=C\C/C=C\C/C=C\C/C=C\C/C=C\CC. The highest BCUT2D eigenvalue weighted by Gasteiger charge is 2.30. The maximum absolute atomic E-state index is 13.1. The van der Waals surface area contributed by atoms with Gasteiger partial charge in [-0.1, -0.05) is 263 Å². The van der Waals surface area contributed by atoms with Gasteiger partial charge in [0.15, 0.2) is 12.2 Å². The highest BCUT2D eigenvalue weighted by atomic mass is 31.2. The fourth-order valence-corrected chi connectivity index (χ4v) is 11.1. The van der Waals surface area contributed by atoms with E-state index >= 15 is 0 Å². The molecule has 0 heterocycles. The van der Waals surface area contributed by atoms with Crippen molar-refractivity contribution in [3.05, 3.63) is 146 Å². The second-order valence-electron chi connectivity index (χ2n) is 24.8. The van der Waals surface area contributed by atoms with E-state index in [1.807, 2.05) is 12.2 Å². The Bertz CT molecular complexity index is 2470. The van der Waals surface area contributed by atoms with Crippen LogP contribution in [0.1, 0.15) is 285 Å². The van der Waals surface area contributed by atoms with Crippen LogP contribution in [-0.4, -0.2) is 96.7 Å². The first kappa shape index (κ1) is 94.9. The van der Waals surface area contributed by atoms with Crippen LogP contribution in [0.2, 0.25) is 0 Å². The molecule has 0 aliphatic rings. The van der Waals surface area contributed by atoms with Crippen molar-refractivity contribution in [3.8, 4) is 0 Å². The van der Waals surface area contributed by atoms with Gasteiger partial charge in [0.2, 0.25) is 0 Å². The molecular formula is C81H134O17P2. The minimum Gasteiger partial charge on any atom is -0.462 e. The van der Waals surface area contributed by atoms with E-state index in [-0.39, 0.29) is 25.7 Å². The van der Waals surface area contributed by atoms with E-state index in [4.69, 9.17) is 37.0 Å². The summed E-state index contributed by atoms with van der Waals surface area (Å²) >= 11 is 0. The minimum absolute atomic E-state index is 0.0769. The van der Waals surface area contributed by atoms with Crippen molar-refractivity contribution in [1.82, 2.24) is 0 Å². The molecule has 0 aromatic heterocycles. The zero-order valence-electron chi connectivity index (χ0n) is 62.1. The molecule has 0 saturated heterocycles. The molecule has 17 nitrogen and oxygen atoms in total. The number of carbonyl (C=O) groups excluding carboxylic acids is 4. The lowest BCUT2D eigenvalue weighted by Crippen LogP contribution is -2.30. The smallest absolute Gasteiger partial charge is 0.462 e. The molecule has 0 bridgehead atoms. The van der Waals surface area contributed by atoms with Crippen LogP contribution in [0.25, 0.3) is 0 Å². The Morgan fingerprint density at radius 1 is 0.300 bits per heavy atom.